The second-order valence-corrected chi connectivity index (χ2v) is 9.62. The molecule has 4 atom stereocenters. The van der Waals surface area contributed by atoms with Gasteiger partial charge in [0.2, 0.25) is 0 Å². The molecule has 0 bridgehead atoms. The van der Waals surface area contributed by atoms with E-state index in [1.165, 1.54) is 33.4 Å². The topological polar surface area (TPSA) is 61.6 Å². The van der Waals surface area contributed by atoms with Crippen molar-refractivity contribution in [3.8, 4) is 11.5 Å². The first-order valence-electron chi connectivity index (χ1n) is 11.3. The lowest BCUT2D eigenvalue weighted by molar-refractivity contribution is 0.0894. The van der Waals surface area contributed by atoms with Crippen molar-refractivity contribution in [3.63, 3.8) is 0 Å². The molecule has 0 radical (unpaired) electrons. The van der Waals surface area contributed by atoms with Crippen LogP contribution in [0.3, 0.4) is 0 Å². The zero-order valence-electron chi connectivity index (χ0n) is 18.2. The molecule has 160 valence electrons. The molecule has 2 fully saturated rings. The first kappa shape index (κ1) is 17.9. The number of aromatic nitrogens is 1. The van der Waals surface area contributed by atoms with Crippen LogP contribution in [0.2, 0.25) is 0 Å². The number of fused-ring (bicyclic) bond motifs is 8. The minimum absolute atomic E-state index is 0.0369. The molecule has 0 saturated carbocycles. The van der Waals surface area contributed by atoms with E-state index in [1.54, 1.807) is 14.2 Å². The molecule has 6 heteroatoms. The van der Waals surface area contributed by atoms with Crippen molar-refractivity contribution >= 4 is 16.6 Å². The maximum Gasteiger partial charge on any atom is 0.119 e. The van der Waals surface area contributed by atoms with Crippen LogP contribution in [-0.4, -0.2) is 49.4 Å². The molecular weight excluding hydrogens is 388 g/mol. The summed E-state index contributed by atoms with van der Waals surface area (Å²) >= 11 is 0. The fourth-order valence-electron chi connectivity index (χ4n) is 7.34. The molecule has 0 amide bonds. The van der Waals surface area contributed by atoms with E-state index in [2.05, 4.69) is 57.8 Å². The van der Waals surface area contributed by atoms with E-state index in [0.29, 0.717) is 6.04 Å². The third-order valence-electron chi connectivity index (χ3n) is 8.60. The number of hydrogen-bond acceptors (Lipinski definition) is 5. The summed E-state index contributed by atoms with van der Waals surface area (Å²) in [6.45, 7) is 4.50. The summed E-state index contributed by atoms with van der Waals surface area (Å²) < 4.78 is 11.1. The van der Waals surface area contributed by atoms with Gasteiger partial charge in [0.1, 0.15) is 11.5 Å². The average Bonchev–Trinajstić information content (AvgIpc) is 3.52. The van der Waals surface area contributed by atoms with Gasteiger partial charge >= 0.3 is 0 Å². The van der Waals surface area contributed by atoms with E-state index in [9.17, 15) is 0 Å². The van der Waals surface area contributed by atoms with Gasteiger partial charge in [-0.05, 0) is 73.8 Å². The first-order chi connectivity index (χ1) is 15.1. The fraction of sp³-hybridized carbons (Fsp3) is 0.440. The molecule has 2 aromatic carbocycles. The Labute approximate surface area is 181 Å². The molecule has 1 aromatic heterocycles. The van der Waals surface area contributed by atoms with Gasteiger partial charge in [0.25, 0.3) is 0 Å². The van der Waals surface area contributed by atoms with Gasteiger partial charge in [0, 0.05) is 40.3 Å². The Morgan fingerprint density at radius 1 is 1.06 bits per heavy atom. The predicted molar refractivity (Wildman–Crippen MR) is 121 cm³/mol. The zero-order chi connectivity index (χ0) is 21.0. The van der Waals surface area contributed by atoms with E-state index >= 15 is 0 Å². The Bertz CT molecular complexity index is 1240. The smallest absolute Gasteiger partial charge is 0.119 e. The van der Waals surface area contributed by atoms with E-state index in [1.807, 2.05) is 6.07 Å². The van der Waals surface area contributed by atoms with Crippen LogP contribution in [0.1, 0.15) is 30.2 Å². The first-order valence-corrected chi connectivity index (χ1v) is 11.3. The Hall–Kier alpha value is -2.70. The Morgan fingerprint density at radius 3 is 2.71 bits per heavy atom. The summed E-state index contributed by atoms with van der Waals surface area (Å²) in [6, 6.07) is 13.2. The molecule has 2 saturated heterocycles. The molecule has 31 heavy (non-hydrogen) atoms. The van der Waals surface area contributed by atoms with Gasteiger partial charge in [-0.3, -0.25) is 4.90 Å². The molecule has 5 heterocycles. The number of aromatic amines is 1. The van der Waals surface area contributed by atoms with Crippen LogP contribution in [0.25, 0.3) is 10.9 Å². The summed E-state index contributed by atoms with van der Waals surface area (Å²) in [5.74, 6) is 1.86. The Balaban J connectivity index is 1.45. The second-order valence-electron chi connectivity index (χ2n) is 9.62. The number of benzene rings is 2. The van der Waals surface area contributed by atoms with E-state index < -0.39 is 0 Å². The monoisotopic (exact) mass is 416 g/mol. The Morgan fingerprint density at radius 2 is 1.87 bits per heavy atom. The minimum atomic E-state index is -0.116. The van der Waals surface area contributed by atoms with E-state index in [4.69, 9.17) is 9.47 Å². The van der Waals surface area contributed by atoms with Crippen LogP contribution in [-0.2, 0) is 17.4 Å². The van der Waals surface area contributed by atoms with Crippen molar-refractivity contribution in [2.75, 3.05) is 32.6 Å². The highest BCUT2D eigenvalue weighted by Gasteiger charge is 2.71. The standard InChI is InChI=1S/C25H28N4O2/c1-24-21-16(17-12-14(30-2)4-6-19(17)27-21)8-11-29(24)23-25(9-10-26-22(24)25)18-13-15(31-3)5-7-20(18)28-23/h4-7,12-13,22-23,26-28H,8-11H2,1-3H3. The number of methoxy groups -OCH3 is 2. The van der Waals surface area contributed by atoms with Gasteiger partial charge in [0.15, 0.2) is 0 Å². The third kappa shape index (κ3) is 1.92. The van der Waals surface area contributed by atoms with Gasteiger partial charge < -0.3 is 25.1 Å². The van der Waals surface area contributed by atoms with Crippen molar-refractivity contribution in [2.45, 2.75) is 42.9 Å². The number of nitrogens with zero attached hydrogens (tertiary/aromatic N) is 1. The number of rotatable bonds is 2. The van der Waals surface area contributed by atoms with Crippen molar-refractivity contribution < 1.29 is 9.47 Å². The molecule has 4 aliphatic rings. The van der Waals surface area contributed by atoms with Gasteiger partial charge in [0.05, 0.1) is 25.9 Å². The quantitative estimate of drug-likeness (QED) is 0.598. The number of anilines is 1. The lowest BCUT2D eigenvalue weighted by Gasteiger charge is -2.44. The molecule has 0 aliphatic carbocycles. The second kappa shape index (κ2) is 5.75. The maximum absolute atomic E-state index is 5.62. The average molecular weight is 417 g/mol. The van der Waals surface area contributed by atoms with Crippen LogP contribution >= 0.6 is 0 Å². The van der Waals surface area contributed by atoms with Gasteiger partial charge in [-0.2, -0.15) is 0 Å². The molecule has 4 unspecified atom stereocenters. The van der Waals surface area contributed by atoms with Crippen molar-refractivity contribution in [1.82, 2.24) is 15.2 Å². The molecule has 1 spiro atoms. The maximum atomic E-state index is 5.62. The van der Waals surface area contributed by atoms with Crippen molar-refractivity contribution in [2.24, 2.45) is 0 Å². The summed E-state index contributed by atoms with van der Waals surface area (Å²) in [6.07, 6.45) is 2.46. The summed E-state index contributed by atoms with van der Waals surface area (Å²) in [4.78, 5) is 6.55. The number of ether oxygens (including phenoxy) is 2. The molecule has 4 aliphatic heterocycles. The number of hydrogen-bond donors (Lipinski definition) is 3. The largest absolute Gasteiger partial charge is 0.497 e. The minimum Gasteiger partial charge on any atom is -0.497 e. The molecular formula is C25H28N4O2. The molecule has 3 N–H and O–H groups in total. The lowest BCUT2D eigenvalue weighted by atomic mass is 9.70. The van der Waals surface area contributed by atoms with Crippen LogP contribution in [0.5, 0.6) is 11.5 Å². The zero-order valence-corrected chi connectivity index (χ0v) is 18.2. The molecule has 7 rings (SSSR count). The van der Waals surface area contributed by atoms with Crippen LogP contribution in [0, 0.1) is 0 Å². The number of nitrogens with one attached hydrogen (secondary N) is 3. The normalized spacial score (nSPS) is 32.7. The molecule has 6 nitrogen and oxygen atoms in total. The van der Waals surface area contributed by atoms with Crippen LogP contribution in [0.4, 0.5) is 5.69 Å². The SMILES string of the molecule is COc1ccc2c(c1)C13CCNC1C1(C)c4[nH]c5ccc(OC)cc5c4CCN1C3N2. The highest BCUT2D eigenvalue weighted by molar-refractivity contribution is 5.87. The lowest BCUT2D eigenvalue weighted by Crippen LogP contribution is -2.55. The van der Waals surface area contributed by atoms with Gasteiger partial charge in [-0.1, -0.05) is 0 Å². The summed E-state index contributed by atoms with van der Waals surface area (Å²) in [7, 11) is 3.50. The molecule has 3 aromatic rings. The predicted octanol–water partition coefficient (Wildman–Crippen LogP) is 3.32. The number of H-pyrrole nitrogens is 1. The van der Waals surface area contributed by atoms with Gasteiger partial charge in [-0.15, -0.1) is 0 Å². The van der Waals surface area contributed by atoms with E-state index in [-0.39, 0.29) is 17.1 Å². The highest BCUT2D eigenvalue weighted by Crippen LogP contribution is 2.62. The van der Waals surface area contributed by atoms with Crippen LogP contribution < -0.4 is 20.1 Å². The van der Waals surface area contributed by atoms with Crippen molar-refractivity contribution in [3.05, 3.63) is 53.2 Å². The third-order valence-corrected chi connectivity index (χ3v) is 8.60. The van der Waals surface area contributed by atoms with Crippen LogP contribution in [0.15, 0.2) is 36.4 Å². The fourth-order valence-corrected chi connectivity index (χ4v) is 7.34. The Kier molecular flexibility index (Phi) is 3.33. The van der Waals surface area contributed by atoms with Gasteiger partial charge in [-0.25, -0.2) is 0 Å². The highest BCUT2D eigenvalue weighted by atomic mass is 16.5. The van der Waals surface area contributed by atoms with Crippen molar-refractivity contribution in [1.29, 1.82) is 0 Å². The van der Waals surface area contributed by atoms with E-state index in [0.717, 1.165) is 37.4 Å². The summed E-state index contributed by atoms with van der Waals surface area (Å²) in [5.41, 5.74) is 6.59. The summed E-state index contributed by atoms with van der Waals surface area (Å²) in [5, 5.41) is 9.15.